The summed E-state index contributed by atoms with van der Waals surface area (Å²) in [6.45, 7) is 6.16. The number of anilines is 1. The Balaban J connectivity index is 2.23. The van der Waals surface area contributed by atoms with Crippen LogP contribution in [0.25, 0.3) is 0 Å². The third-order valence-electron chi connectivity index (χ3n) is 3.24. The highest BCUT2D eigenvalue weighted by Crippen LogP contribution is 2.20. The molecule has 0 spiro atoms. The molecule has 7 heteroatoms. The largest absolute Gasteiger partial charge is 0.381 e. The van der Waals surface area contributed by atoms with Crippen LogP contribution in [0.1, 0.15) is 22.5 Å². The number of aryl methyl sites for hydroxylation is 3. The number of aromatic amines is 1. The van der Waals surface area contributed by atoms with Crippen LogP contribution in [-0.2, 0) is 16.6 Å². The summed E-state index contributed by atoms with van der Waals surface area (Å²) in [6.07, 6.45) is 0. The monoisotopic (exact) mass is 294 g/mol. The molecule has 4 N–H and O–H groups in total. The summed E-state index contributed by atoms with van der Waals surface area (Å²) in [4.78, 5) is 0.142. The van der Waals surface area contributed by atoms with Crippen molar-refractivity contribution in [1.29, 1.82) is 0 Å². The molecule has 108 valence electrons. The fourth-order valence-electron chi connectivity index (χ4n) is 2.04. The predicted molar refractivity (Wildman–Crippen MR) is 77.9 cm³/mol. The zero-order chi connectivity index (χ0) is 14.9. The van der Waals surface area contributed by atoms with Gasteiger partial charge < -0.3 is 5.32 Å². The smallest absolute Gasteiger partial charge is 0.238 e. The van der Waals surface area contributed by atoms with Crippen LogP contribution in [0.3, 0.4) is 0 Å². The number of nitrogens with two attached hydrogens (primary N) is 1. The topological polar surface area (TPSA) is 101 Å². The highest BCUT2D eigenvalue weighted by Gasteiger charge is 2.12. The number of nitrogens with one attached hydrogen (secondary N) is 2. The maximum atomic E-state index is 11.5. The Bertz CT molecular complexity index is 715. The van der Waals surface area contributed by atoms with E-state index in [0.717, 1.165) is 17.0 Å². The van der Waals surface area contributed by atoms with Crippen molar-refractivity contribution >= 4 is 15.7 Å². The summed E-state index contributed by atoms with van der Waals surface area (Å²) in [5, 5.41) is 15.4. The van der Waals surface area contributed by atoms with Crippen molar-refractivity contribution in [3.63, 3.8) is 0 Å². The number of nitrogens with zero attached hydrogens (tertiary/aromatic N) is 1. The zero-order valence-electron chi connectivity index (χ0n) is 11.7. The lowest BCUT2D eigenvalue weighted by Crippen LogP contribution is -2.14. The Morgan fingerprint density at radius 3 is 2.55 bits per heavy atom. The van der Waals surface area contributed by atoms with E-state index in [4.69, 9.17) is 5.14 Å². The van der Waals surface area contributed by atoms with Crippen LogP contribution in [0.2, 0.25) is 0 Å². The molecule has 6 nitrogen and oxygen atoms in total. The molecule has 0 aliphatic heterocycles. The Labute approximate surface area is 118 Å². The molecule has 2 rings (SSSR count). The molecule has 0 atom stereocenters. The number of aromatic nitrogens is 2. The molecule has 0 aliphatic rings. The third-order valence-corrected chi connectivity index (χ3v) is 4.30. The van der Waals surface area contributed by atoms with Crippen molar-refractivity contribution < 1.29 is 8.42 Å². The molecule has 0 aliphatic carbocycles. The summed E-state index contributed by atoms with van der Waals surface area (Å²) in [5.74, 6) is 0. The number of benzene rings is 1. The van der Waals surface area contributed by atoms with Crippen LogP contribution in [0.4, 0.5) is 5.69 Å². The molecule has 1 heterocycles. The lowest BCUT2D eigenvalue weighted by molar-refractivity contribution is 0.597. The number of H-pyrrole nitrogens is 1. The van der Waals surface area contributed by atoms with Gasteiger partial charge in [-0.1, -0.05) is 6.07 Å². The molecule has 0 unspecified atom stereocenters. The first-order valence-electron chi connectivity index (χ1n) is 6.17. The summed E-state index contributed by atoms with van der Waals surface area (Å²) in [5.41, 5.74) is 4.33. The van der Waals surface area contributed by atoms with Gasteiger partial charge in [0, 0.05) is 23.5 Å². The number of hydrogen-bond acceptors (Lipinski definition) is 4. The SMILES string of the molecule is Cc1ccc(NCc2c(C)n[nH]c2C)cc1S(N)(=O)=O. The van der Waals surface area contributed by atoms with E-state index < -0.39 is 10.0 Å². The fourth-order valence-corrected chi connectivity index (χ4v) is 2.85. The van der Waals surface area contributed by atoms with Crippen LogP contribution in [-0.4, -0.2) is 18.6 Å². The molecule has 2 aromatic rings. The van der Waals surface area contributed by atoms with Gasteiger partial charge in [-0.05, 0) is 38.5 Å². The molecule has 20 heavy (non-hydrogen) atoms. The Morgan fingerprint density at radius 1 is 1.30 bits per heavy atom. The minimum Gasteiger partial charge on any atom is -0.381 e. The molecule has 0 saturated carbocycles. The number of hydrogen-bond donors (Lipinski definition) is 3. The molecular formula is C13H18N4O2S. The van der Waals surface area contributed by atoms with Crippen LogP contribution in [0.15, 0.2) is 23.1 Å². The van der Waals surface area contributed by atoms with Crippen LogP contribution >= 0.6 is 0 Å². The van der Waals surface area contributed by atoms with E-state index in [1.165, 1.54) is 0 Å². The maximum absolute atomic E-state index is 11.5. The lowest BCUT2D eigenvalue weighted by Gasteiger charge is -2.10. The van der Waals surface area contributed by atoms with Crippen molar-refractivity contribution in [2.45, 2.75) is 32.2 Å². The number of rotatable bonds is 4. The second-order valence-electron chi connectivity index (χ2n) is 4.79. The first-order chi connectivity index (χ1) is 9.29. The molecule has 0 bridgehead atoms. The van der Waals surface area contributed by atoms with Crippen molar-refractivity contribution in [3.05, 3.63) is 40.7 Å². The van der Waals surface area contributed by atoms with Crippen molar-refractivity contribution in [2.75, 3.05) is 5.32 Å². The lowest BCUT2D eigenvalue weighted by atomic mass is 10.2. The highest BCUT2D eigenvalue weighted by molar-refractivity contribution is 7.89. The van der Waals surface area contributed by atoms with Gasteiger partial charge in [0.25, 0.3) is 0 Å². The van der Waals surface area contributed by atoms with Gasteiger partial charge in [-0.2, -0.15) is 5.10 Å². The quantitative estimate of drug-likeness (QED) is 0.797. The predicted octanol–water partition coefficient (Wildman–Crippen LogP) is 1.59. The van der Waals surface area contributed by atoms with Gasteiger partial charge in [-0.3, -0.25) is 5.10 Å². The van der Waals surface area contributed by atoms with Gasteiger partial charge in [0.1, 0.15) is 0 Å². The highest BCUT2D eigenvalue weighted by atomic mass is 32.2. The van der Waals surface area contributed by atoms with E-state index in [-0.39, 0.29) is 4.90 Å². The molecular weight excluding hydrogens is 276 g/mol. The van der Waals surface area contributed by atoms with E-state index >= 15 is 0 Å². The van der Waals surface area contributed by atoms with Gasteiger partial charge in [-0.25, -0.2) is 13.6 Å². The summed E-state index contributed by atoms with van der Waals surface area (Å²) in [7, 11) is -3.70. The fraction of sp³-hybridized carbons (Fsp3) is 0.308. The van der Waals surface area contributed by atoms with Crippen LogP contribution < -0.4 is 10.5 Å². The van der Waals surface area contributed by atoms with E-state index in [1.54, 1.807) is 19.1 Å². The van der Waals surface area contributed by atoms with E-state index in [1.807, 2.05) is 19.9 Å². The minimum atomic E-state index is -3.70. The van der Waals surface area contributed by atoms with Crippen molar-refractivity contribution in [2.24, 2.45) is 5.14 Å². The van der Waals surface area contributed by atoms with Crippen LogP contribution in [0, 0.1) is 20.8 Å². The van der Waals surface area contributed by atoms with Gasteiger partial charge in [0.15, 0.2) is 0 Å². The second-order valence-corrected chi connectivity index (χ2v) is 6.32. The molecule has 1 aromatic carbocycles. The molecule has 0 saturated heterocycles. The number of sulfonamides is 1. The van der Waals surface area contributed by atoms with E-state index in [9.17, 15) is 8.42 Å². The van der Waals surface area contributed by atoms with Gasteiger partial charge >= 0.3 is 0 Å². The normalized spacial score (nSPS) is 11.6. The summed E-state index contributed by atoms with van der Waals surface area (Å²) < 4.78 is 23.0. The average Bonchev–Trinajstić information content (AvgIpc) is 2.67. The van der Waals surface area contributed by atoms with Gasteiger partial charge in [0.05, 0.1) is 10.6 Å². The Morgan fingerprint density at radius 2 is 2.00 bits per heavy atom. The summed E-state index contributed by atoms with van der Waals surface area (Å²) >= 11 is 0. The summed E-state index contributed by atoms with van der Waals surface area (Å²) in [6, 6.07) is 5.11. The van der Waals surface area contributed by atoms with Gasteiger partial charge in [-0.15, -0.1) is 0 Å². The standard InChI is InChI=1S/C13H18N4O2S/c1-8-4-5-11(6-13(8)20(14,18)19)15-7-12-9(2)16-17-10(12)3/h4-6,15H,7H2,1-3H3,(H,16,17)(H2,14,18,19). The maximum Gasteiger partial charge on any atom is 0.238 e. The molecule has 0 radical (unpaired) electrons. The zero-order valence-corrected chi connectivity index (χ0v) is 12.5. The Kier molecular flexibility index (Phi) is 3.82. The number of primary sulfonamides is 1. The first-order valence-corrected chi connectivity index (χ1v) is 7.71. The average molecular weight is 294 g/mol. The van der Waals surface area contributed by atoms with Gasteiger partial charge in [0.2, 0.25) is 10.0 Å². The van der Waals surface area contributed by atoms with Crippen LogP contribution in [0.5, 0.6) is 0 Å². The molecule has 0 amide bonds. The third kappa shape index (κ3) is 3.00. The molecule has 0 fully saturated rings. The van der Waals surface area contributed by atoms with Crippen molar-refractivity contribution in [1.82, 2.24) is 10.2 Å². The minimum absolute atomic E-state index is 0.142. The Hall–Kier alpha value is -1.86. The van der Waals surface area contributed by atoms with Crippen molar-refractivity contribution in [3.8, 4) is 0 Å². The second kappa shape index (κ2) is 5.26. The van der Waals surface area contributed by atoms with E-state index in [2.05, 4.69) is 15.5 Å². The molecule has 1 aromatic heterocycles. The first kappa shape index (κ1) is 14.5. The van der Waals surface area contributed by atoms with E-state index in [0.29, 0.717) is 17.8 Å².